The number of carbonyl (C=O) groups excluding carboxylic acids is 1. The minimum Gasteiger partial charge on any atom is -0.366 e. The molecular weight excluding hydrogens is 456 g/mol. The van der Waals surface area contributed by atoms with Gasteiger partial charge in [0.05, 0.1) is 10.7 Å². The molecule has 3 rings (SSSR count). The molecule has 1 heterocycles. The Morgan fingerprint density at radius 1 is 1.18 bits per heavy atom. The van der Waals surface area contributed by atoms with Crippen molar-refractivity contribution in [3.8, 4) is 0 Å². The lowest BCUT2D eigenvalue weighted by atomic mass is 9.99. The van der Waals surface area contributed by atoms with E-state index in [1.165, 1.54) is 6.07 Å². The van der Waals surface area contributed by atoms with Crippen molar-refractivity contribution in [3.05, 3.63) is 69.3 Å². The number of benzene rings is 2. The molecule has 10 heteroatoms. The van der Waals surface area contributed by atoms with Gasteiger partial charge in [0.15, 0.2) is 0 Å². The number of hydrogen-bond donors (Lipinski definition) is 2. The number of nitrogens with one attached hydrogen (secondary N) is 2. The molecule has 1 saturated heterocycles. The Labute approximate surface area is 200 Å². The summed E-state index contributed by atoms with van der Waals surface area (Å²) in [7, 11) is -3.41. The van der Waals surface area contributed by atoms with Gasteiger partial charge in [0.1, 0.15) is 5.69 Å². The van der Waals surface area contributed by atoms with Crippen LogP contribution < -0.4 is 14.9 Å². The van der Waals surface area contributed by atoms with Crippen LogP contribution in [-0.2, 0) is 22.3 Å². The summed E-state index contributed by atoms with van der Waals surface area (Å²) < 4.78 is 26.7. The summed E-state index contributed by atoms with van der Waals surface area (Å²) in [6.45, 7) is 7.40. The first-order valence-corrected chi connectivity index (χ1v) is 13.1. The molecule has 1 unspecified atom stereocenters. The molecule has 1 atom stereocenters. The van der Waals surface area contributed by atoms with E-state index in [1.54, 1.807) is 50.2 Å². The molecule has 0 spiro atoms. The smallest absolute Gasteiger partial charge is 0.293 e. The van der Waals surface area contributed by atoms with Gasteiger partial charge in [-0.15, -0.1) is 0 Å². The zero-order chi connectivity index (χ0) is 24.9. The maximum absolute atomic E-state index is 12.7. The van der Waals surface area contributed by atoms with Crippen molar-refractivity contribution in [2.75, 3.05) is 18.0 Å². The number of sulfonamides is 1. The highest BCUT2D eigenvalue weighted by Crippen LogP contribution is 2.32. The van der Waals surface area contributed by atoms with Crippen LogP contribution in [0.25, 0.3) is 0 Å². The Hall–Kier alpha value is -2.98. The lowest BCUT2D eigenvalue weighted by Gasteiger charge is -2.32. The molecule has 9 nitrogen and oxygen atoms in total. The average Bonchev–Trinajstić information content (AvgIpc) is 2.76. The minimum atomic E-state index is -3.41. The normalized spacial score (nSPS) is 16.5. The predicted molar refractivity (Wildman–Crippen MR) is 132 cm³/mol. The van der Waals surface area contributed by atoms with E-state index in [0.717, 1.165) is 31.5 Å². The minimum absolute atomic E-state index is 0.0673. The molecular formula is C24H32N4O5S. The summed E-state index contributed by atoms with van der Waals surface area (Å²) in [5.41, 5.74) is 2.14. The Bertz CT molecular complexity index is 1130. The van der Waals surface area contributed by atoms with Gasteiger partial charge in [-0.3, -0.25) is 14.9 Å². The number of rotatable bonds is 9. The van der Waals surface area contributed by atoms with E-state index < -0.39 is 20.9 Å². The fourth-order valence-electron chi connectivity index (χ4n) is 4.14. The second-order valence-corrected chi connectivity index (χ2v) is 10.9. The fraction of sp³-hybridized carbons (Fsp3) is 0.458. The average molecular weight is 489 g/mol. The van der Waals surface area contributed by atoms with Gasteiger partial charge in [-0.05, 0) is 55.9 Å². The van der Waals surface area contributed by atoms with Gasteiger partial charge in [-0.1, -0.05) is 31.2 Å². The molecule has 2 aromatic rings. The Morgan fingerprint density at radius 3 is 2.47 bits per heavy atom. The van der Waals surface area contributed by atoms with Gasteiger partial charge < -0.3 is 10.2 Å². The van der Waals surface area contributed by atoms with Crippen molar-refractivity contribution in [2.45, 2.75) is 52.0 Å². The first-order chi connectivity index (χ1) is 16.0. The van der Waals surface area contributed by atoms with Crippen molar-refractivity contribution < 1.29 is 18.1 Å². The lowest BCUT2D eigenvalue weighted by Crippen LogP contribution is -2.34. The first kappa shape index (κ1) is 25.6. The number of amides is 1. The molecule has 184 valence electrons. The van der Waals surface area contributed by atoms with Gasteiger partial charge in [0.25, 0.3) is 11.6 Å². The number of hydrogen-bond acceptors (Lipinski definition) is 6. The summed E-state index contributed by atoms with van der Waals surface area (Å²) in [4.78, 5) is 25.9. The third kappa shape index (κ3) is 7.01. The van der Waals surface area contributed by atoms with Crippen LogP contribution in [0.15, 0.2) is 42.5 Å². The molecule has 34 heavy (non-hydrogen) atoms. The molecule has 0 bridgehead atoms. The molecule has 0 saturated carbocycles. The summed E-state index contributed by atoms with van der Waals surface area (Å²) in [5.74, 6) is -0.0624. The maximum Gasteiger partial charge on any atom is 0.293 e. The highest BCUT2D eigenvalue weighted by atomic mass is 32.2. The zero-order valence-corrected chi connectivity index (χ0v) is 20.6. The van der Waals surface area contributed by atoms with E-state index in [4.69, 9.17) is 0 Å². The quantitative estimate of drug-likeness (QED) is 0.411. The Kier molecular flexibility index (Phi) is 8.27. The molecule has 0 aliphatic carbocycles. The van der Waals surface area contributed by atoms with E-state index in [9.17, 15) is 23.3 Å². The Morgan fingerprint density at radius 2 is 1.85 bits per heavy atom. The lowest BCUT2D eigenvalue weighted by molar-refractivity contribution is -0.384. The largest absolute Gasteiger partial charge is 0.366 e. The van der Waals surface area contributed by atoms with Crippen LogP contribution in [0.1, 0.15) is 55.1 Å². The van der Waals surface area contributed by atoms with Crippen LogP contribution in [0.3, 0.4) is 0 Å². The number of anilines is 1. The van der Waals surface area contributed by atoms with E-state index in [0.29, 0.717) is 17.2 Å². The molecule has 1 aliphatic heterocycles. The van der Waals surface area contributed by atoms with Crippen LogP contribution in [0.4, 0.5) is 11.4 Å². The van der Waals surface area contributed by atoms with Crippen molar-refractivity contribution in [1.29, 1.82) is 0 Å². The van der Waals surface area contributed by atoms with Gasteiger partial charge >= 0.3 is 0 Å². The maximum atomic E-state index is 12.7. The van der Waals surface area contributed by atoms with Crippen LogP contribution in [0.2, 0.25) is 0 Å². The third-order valence-corrected chi connectivity index (χ3v) is 7.22. The standard InChI is InChI=1S/C24H32N4O5S/c1-17(2)26-34(32,33)16-20-8-6-19(7-9-20)14-25-24(29)21-10-11-22(23(13-21)28(30)31)27-12-4-5-18(3)15-27/h6-11,13,17-18,26H,4-5,12,14-16H2,1-3H3,(H,25,29). The molecule has 1 aliphatic rings. The SMILES string of the molecule is CC1CCCN(c2ccc(C(=O)NCc3ccc(CS(=O)(=O)NC(C)C)cc3)cc2[N+](=O)[O-])C1. The molecule has 0 radical (unpaired) electrons. The van der Waals surface area contributed by atoms with Crippen molar-refractivity contribution in [2.24, 2.45) is 5.92 Å². The number of piperidine rings is 1. The third-order valence-electron chi connectivity index (χ3n) is 5.68. The molecule has 1 fully saturated rings. The van der Waals surface area contributed by atoms with E-state index in [-0.39, 0.29) is 29.6 Å². The van der Waals surface area contributed by atoms with E-state index in [2.05, 4.69) is 17.0 Å². The summed E-state index contributed by atoms with van der Waals surface area (Å²) in [6.07, 6.45) is 2.09. The number of nitro benzene ring substituents is 1. The van der Waals surface area contributed by atoms with Gasteiger partial charge in [0.2, 0.25) is 10.0 Å². The highest BCUT2D eigenvalue weighted by molar-refractivity contribution is 7.88. The van der Waals surface area contributed by atoms with Crippen molar-refractivity contribution >= 4 is 27.3 Å². The molecule has 0 aromatic heterocycles. The van der Waals surface area contributed by atoms with Crippen LogP contribution in [0, 0.1) is 16.0 Å². The van der Waals surface area contributed by atoms with E-state index >= 15 is 0 Å². The number of carbonyl (C=O) groups is 1. The van der Waals surface area contributed by atoms with Crippen LogP contribution in [0.5, 0.6) is 0 Å². The molecule has 2 N–H and O–H groups in total. The second kappa shape index (κ2) is 11.0. The van der Waals surface area contributed by atoms with Crippen molar-refractivity contribution in [1.82, 2.24) is 10.0 Å². The molecule has 2 aromatic carbocycles. The number of nitro groups is 1. The first-order valence-electron chi connectivity index (χ1n) is 11.4. The Balaban J connectivity index is 1.64. The molecule has 1 amide bonds. The van der Waals surface area contributed by atoms with Crippen LogP contribution >= 0.6 is 0 Å². The van der Waals surface area contributed by atoms with Crippen molar-refractivity contribution in [3.63, 3.8) is 0 Å². The highest BCUT2D eigenvalue weighted by Gasteiger charge is 2.25. The van der Waals surface area contributed by atoms with Crippen LogP contribution in [-0.4, -0.2) is 38.4 Å². The monoisotopic (exact) mass is 488 g/mol. The van der Waals surface area contributed by atoms with Gasteiger partial charge in [0, 0.05) is 37.3 Å². The summed E-state index contributed by atoms with van der Waals surface area (Å²) in [5, 5.41) is 14.5. The summed E-state index contributed by atoms with van der Waals surface area (Å²) >= 11 is 0. The second-order valence-electron chi connectivity index (χ2n) is 9.18. The van der Waals surface area contributed by atoms with E-state index in [1.807, 2.05) is 4.90 Å². The zero-order valence-electron chi connectivity index (χ0n) is 19.8. The fourth-order valence-corrected chi connectivity index (χ4v) is 5.58. The number of nitrogens with zero attached hydrogens (tertiary/aromatic N) is 2. The van der Waals surface area contributed by atoms with Gasteiger partial charge in [-0.25, -0.2) is 13.1 Å². The predicted octanol–water partition coefficient (Wildman–Crippen LogP) is 3.59. The summed E-state index contributed by atoms with van der Waals surface area (Å²) in [6, 6.07) is 11.4. The topological polar surface area (TPSA) is 122 Å². The van der Waals surface area contributed by atoms with Gasteiger partial charge in [-0.2, -0.15) is 0 Å².